The zero-order chi connectivity index (χ0) is 17.9. The number of aliphatic hydroxyl groups is 1. The van der Waals surface area contributed by atoms with E-state index in [1.54, 1.807) is 15.8 Å². The van der Waals surface area contributed by atoms with Crippen LogP contribution in [0.1, 0.15) is 24.3 Å². The highest BCUT2D eigenvalue weighted by atomic mass is 16.3. The van der Waals surface area contributed by atoms with Crippen LogP contribution in [0.15, 0.2) is 60.9 Å². The Hall–Kier alpha value is -2.66. The summed E-state index contributed by atoms with van der Waals surface area (Å²) in [5, 5.41) is 17.2. The van der Waals surface area contributed by atoms with Gasteiger partial charge in [0, 0.05) is 44.4 Å². The first kappa shape index (κ1) is 16.8. The number of piperidine rings is 1. The molecule has 2 atom stereocenters. The molecule has 4 rings (SSSR count). The maximum atomic E-state index is 12.4. The van der Waals surface area contributed by atoms with Gasteiger partial charge in [-0.2, -0.15) is 5.10 Å². The Morgan fingerprint density at radius 3 is 2.77 bits per heavy atom. The number of rotatable bonds is 4. The molecule has 1 aromatic heterocycles. The van der Waals surface area contributed by atoms with Crippen molar-refractivity contribution in [1.82, 2.24) is 14.7 Å². The number of aliphatic hydroxyl groups excluding tert-OH is 1. The van der Waals surface area contributed by atoms with Gasteiger partial charge in [-0.3, -0.25) is 9.48 Å². The topological polar surface area (TPSA) is 58.4 Å². The summed E-state index contributed by atoms with van der Waals surface area (Å²) in [5.74, 6) is 0.159. The number of likely N-dealkylation sites (tertiary alicyclic amines) is 1. The van der Waals surface area contributed by atoms with E-state index in [1.807, 2.05) is 24.4 Å². The van der Waals surface area contributed by atoms with E-state index in [0.717, 1.165) is 12.0 Å². The van der Waals surface area contributed by atoms with Crippen molar-refractivity contribution < 1.29 is 9.90 Å². The van der Waals surface area contributed by atoms with Crippen LogP contribution in [0.4, 0.5) is 0 Å². The van der Waals surface area contributed by atoms with Gasteiger partial charge in [0.15, 0.2) is 0 Å². The molecular formula is C21H23N3O2. The zero-order valence-electron chi connectivity index (χ0n) is 14.7. The van der Waals surface area contributed by atoms with Crippen molar-refractivity contribution in [3.8, 4) is 0 Å². The minimum atomic E-state index is -0.529. The molecule has 1 aliphatic heterocycles. The Balaban J connectivity index is 1.40. The first-order chi connectivity index (χ1) is 12.7. The molecule has 0 bridgehead atoms. The van der Waals surface area contributed by atoms with Crippen LogP contribution >= 0.6 is 0 Å². The van der Waals surface area contributed by atoms with Crippen molar-refractivity contribution in [1.29, 1.82) is 0 Å². The summed E-state index contributed by atoms with van der Waals surface area (Å²) >= 11 is 0. The number of benzene rings is 2. The van der Waals surface area contributed by atoms with Crippen molar-refractivity contribution in [2.75, 3.05) is 13.1 Å². The first-order valence-corrected chi connectivity index (χ1v) is 9.13. The van der Waals surface area contributed by atoms with Crippen molar-refractivity contribution in [2.24, 2.45) is 0 Å². The number of carbonyl (C=O) groups is 1. The monoisotopic (exact) mass is 349 g/mol. The third-order valence-corrected chi connectivity index (χ3v) is 5.25. The standard InChI is InChI=1S/C21H23N3O2/c25-20-15-23(21(26)9-13-24-11-3-10-22-24)12-8-19(20)18-7-6-16-4-1-2-5-17(16)14-18/h1-7,10-11,14,19-20,25H,8-9,12-13,15H2/t19-,20+/m0/s1. The number of hydrogen-bond acceptors (Lipinski definition) is 3. The number of aryl methyl sites for hydroxylation is 1. The van der Waals surface area contributed by atoms with E-state index < -0.39 is 6.10 Å². The molecule has 2 heterocycles. The number of amides is 1. The molecule has 5 nitrogen and oxygen atoms in total. The van der Waals surface area contributed by atoms with Crippen LogP contribution in [0.2, 0.25) is 0 Å². The fourth-order valence-corrected chi connectivity index (χ4v) is 3.79. The fourth-order valence-electron chi connectivity index (χ4n) is 3.79. The summed E-state index contributed by atoms with van der Waals surface area (Å²) in [6.45, 7) is 1.66. The Kier molecular flexibility index (Phi) is 4.71. The van der Waals surface area contributed by atoms with E-state index in [0.29, 0.717) is 26.1 Å². The van der Waals surface area contributed by atoms with Crippen molar-refractivity contribution >= 4 is 16.7 Å². The quantitative estimate of drug-likeness (QED) is 0.788. The summed E-state index contributed by atoms with van der Waals surface area (Å²) in [7, 11) is 0. The summed E-state index contributed by atoms with van der Waals surface area (Å²) in [6.07, 6.45) is 4.23. The SMILES string of the molecule is O=C(CCn1cccn1)N1CC[C@@H](c2ccc3ccccc3c2)[C@H](O)C1. The van der Waals surface area contributed by atoms with Crippen LogP contribution in [-0.2, 0) is 11.3 Å². The van der Waals surface area contributed by atoms with Gasteiger partial charge in [-0.05, 0) is 28.8 Å². The van der Waals surface area contributed by atoms with Gasteiger partial charge in [-0.1, -0.05) is 42.5 Å². The number of hydrogen-bond donors (Lipinski definition) is 1. The van der Waals surface area contributed by atoms with E-state index in [-0.39, 0.29) is 11.8 Å². The van der Waals surface area contributed by atoms with Gasteiger partial charge in [0.1, 0.15) is 0 Å². The normalized spacial score (nSPS) is 20.4. The highest BCUT2D eigenvalue weighted by molar-refractivity contribution is 5.83. The molecule has 26 heavy (non-hydrogen) atoms. The van der Waals surface area contributed by atoms with Crippen molar-refractivity contribution in [2.45, 2.75) is 31.4 Å². The molecule has 5 heteroatoms. The smallest absolute Gasteiger partial charge is 0.224 e. The lowest BCUT2D eigenvalue weighted by molar-refractivity contribution is -0.135. The summed E-state index contributed by atoms with van der Waals surface area (Å²) in [4.78, 5) is 14.2. The van der Waals surface area contributed by atoms with Gasteiger partial charge in [0.2, 0.25) is 5.91 Å². The average Bonchev–Trinajstić information content (AvgIpc) is 3.19. The largest absolute Gasteiger partial charge is 0.391 e. The van der Waals surface area contributed by atoms with Gasteiger partial charge in [-0.25, -0.2) is 0 Å². The predicted octanol–water partition coefficient (Wildman–Crippen LogP) is 2.80. The fraction of sp³-hybridized carbons (Fsp3) is 0.333. The van der Waals surface area contributed by atoms with Crippen LogP contribution in [0.5, 0.6) is 0 Å². The van der Waals surface area contributed by atoms with Crippen LogP contribution in [0.25, 0.3) is 10.8 Å². The van der Waals surface area contributed by atoms with Crippen LogP contribution in [0, 0.1) is 0 Å². The lowest BCUT2D eigenvalue weighted by atomic mass is 9.86. The number of β-amino-alcohol motifs (C(OH)–C–C–N with tert-alkyl or cyclic N) is 1. The van der Waals surface area contributed by atoms with Gasteiger partial charge in [0.05, 0.1) is 6.10 Å². The van der Waals surface area contributed by atoms with Gasteiger partial charge < -0.3 is 10.0 Å². The molecule has 0 unspecified atom stereocenters. The number of carbonyl (C=O) groups excluding carboxylic acids is 1. The lowest BCUT2D eigenvalue weighted by Crippen LogP contribution is -2.45. The second-order valence-corrected chi connectivity index (χ2v) is 6.93. The molecule has 1 saturated heterocycles. The molecule has 0 spiro atoms. The third-order valence-electron chi connectivity index (χ3n) is 5.25. The predicted molar refractivity (Wildman–Crippen MR) is 101 cm³/mol. The van der Waals surface area contributed by atoms with Gasteiger partial charge >= 0.3 is 0 Å². The van der Waals surface area contributed by atoms with E-state index in [2.05, 4.69) is 35.4 Å². The molecule has 1 fully saturated rings. The Labute approximate surface area is 152 Å². The molecule has 0 saturated carbocycles. The van der Waals surface area contributed by atoms with E-state index in [1.165, 1.54) is 10.8 Å². The summed E-state index contributed by atoms with van der Waals surface area (Å²) < 4.78 is 1.76. The van der Waals surface area contributed by atoms with E-state index >= 15 is 0 Å². The Morgan fingerprint density at radius 1 is 1.15 bits per heavy atom. The molecule has 2 aromatic carbocycles. The molecule has 1 amide bonds. The molecule has 0 aliphatic carbocycles. The number of nitrogens with zero attached hydrogens (tertiary/aromatic N) is 3. The Bertz CT molecular complexity index is 891. The molecule has 3 aromatic rings. The maximum absolute atomic E-state index is 12.4. The maximum Gasteiger partial charge on any atom is 0.224 e. The van der Waals surface area contributed by atoms with Crippen molar-refractivity contribution in [3.05, 3.63) is 66.5 Å². The Morgan fingerprint density at radius 2 is 2.00 bits per heavy atom. The molecule has 134 valence electrons. The highest BCUT2D eigenvalue weighted by Gasteiger charge is 2.31. The molecular weight excluding hydrogens is 326 g/mol. The zero-order valence-corrected chi connectivity index (χ0v) is 14.7. The number of aromatic nitrogens is 2. The molecule has 1 aliphatic rings. The number of fused-ring (bicyclic) bond motifs is 1. The summed E-state index contributed by atoms with van der Waals surface area (Å²) in [5.41, 5.74) is 1.15. The average molecular weight is 349 g/mol. The van der Waals surface area contributed by atoms with Crippen LogP contribution < -0.4 is 0 Å². The highest BCUT2D eigenvalue weighted by Crippen LogP contribution is 2.30. The minimum absolute atomic E-state index is 0.0785. The molecule has 0 radical (unpaired) electrons. The minimum Gasteiger partial charge on any atom is -0.391 e. The molecule has 1 N–H and O–H groups in total. The lowest BCUT2D eigenvalue weighted by Gasteiger charge is -2.36. The van der Waals surface area contributed by atoms with Crippen LogP contribution in [-0.4, -0.2) is 44.9 Å². The van der Waals surface area contributed by atoms with E-state index in [4.69, 9.17) is 0 Å². The van der Waals surface area contributed by atoms with E-state index in [9.17, 15) is 9.90 Å². The summed E-state index contributed by atoms with van der Waals surface area (Å²) in [6, 6.07) is 16.5. The van der Waals surface area contributed by atoms with Gasteiger partial charge in [0.25, 0.3) is 0 Å². The van der Waals surface area contributed by atoms with Crippen molar-refractivity contribution in [3.63, 3.8) is 0 Å². The first-order valence-electron chi connectivity index (χ1n) is 9.13. The third kappa shape index (κ3) is 3.48. The van der Waals surface area contributed by atoms with Gasteiger partial charge in [-0.15, -0.1) is 0 Å². The van der Waals surface area contributed by atoms with Crippen LogP contribution in [0.3, 0.4) is 0 Å². The second-order valence-electron chi connectivity index (χ2n) is 6.93. The second kappa shape index (κ2) is 7.30.